The summed E-state index contributed by atoms with van der Waals surface area (Å²) in [4.78, 5) is 0. The Morgan fingerprint density at radius 1 is 1.00 bits per heavy atom. The molecular weight excluding hydrogens is 286 g/mol. The molecule has 0 saturated heterocycles. The molecule has 3 nitrogen and oxygen atoms in total. The van der Waals surface area contributed by atoms with Crippen molar-refractivity contribution in [1.82, 2.24) is 0 Å². The molecule has 0 heterocycles. The van der Waals surface area contributed by atoms with Crippen molar-refractivity contribution >= 4 is 11.6 Å². The quantitative estimate of drug-likeness (QED) is 0.824. The van der Waals surface area contributed by atoms with E-state index in [1.807, 2.05) is 50.2 Å². The van der Waals surface area contributed by atoms with Crippen molar-refractivity contribution in [3.05, 3.63) is 58.1 Å². The highest BCUT2D eigenvalue weighted by Gasteiger charge is 2.06. The van der Waals surface area contributed by atoms with Gasteiger partial charge in [0.05, 0.1) is 0 Å². The molecule has 2 rings (SSSR count). The lowest BCUT2D eigenvalue weighted by Gasteiger charge is -2.14. The largest absolute Gasteiger partial charge is 0.490 e. The number of benzene rings is 2. The molecule has 112 valence electrons. The van der Waals surface area contributed by atoms with Crippen LogP contribution >= 0.6 is 11.6 Å². The van der Waals surface area contributed by atoms with Gasteiger partial charge in [0.1, 0.15) is 24.7 Å². The Hall–Kier alpha value is -1.71. The van der Waals surface area contributed by atoms with E-state index in [-0.39, 0.29) is 0 Å². The molecule has 0 spiro atoms. The molecule has 2 N–H and O–H groups in total. The number of hydrogen-bond donors (Lipinski definition) is 1. The zero-order valence-corrected chi connectivity index (χ0v) is 13.1. The number of hydrogen-bond acceptors (Lipinski definition) is 3. The first-order chi connectivity index (χ1) is 10.1. The van der Waals surface area contributed by atoms with Gasteiger partial charge in [-0.1, -0.05) is 29.8 Å². The van der Waals surface area contributed by atoms with Gasteiger partial charge in [0.15, 0.2) is 0 Å². The summed E-state index contributed by atoms with van der Waals surface area (Å²) in [5.41, 5.74) is 8.73. The van der Waals surface area contributed by atoms with E-state index in [0.717, 1.165) is 33.2 Å². The molecular formula is C17H20ClNO2. The Balaban J connectivity index is 1.91. The third-order valence-electron chi connectivity index (χ3n) is 3.20. The zero-order valence-electron chi connectivity index (χ0n) is 12.4. The smallest absolute Gasteiger partial charge is 0.125 e. The summed E-state index contributed by atoms with van der Waals surface area (Å²) < 4.78 is 11.5. The molecule has 0 aromatic heterocycles. The van der Waals surface area contributed by atoms with Gasteiger partial charge in [0, 0.05) is 17.1 Å². The maximum atomic E-state index is 6.00. The molecule has 2 aromatic rings. The average molecular weight is 306 g/mol. The molecule has 2 aromatic carbocycles. The number of ether oxygens (including phenoxy) is 2. The second kappa shape index (κ2) is 7.34. The van der Waals surface area contributed by atoms with Crippen molar-refractivity contribution in [3.63, 3.8) is 0 Å². The average Bonchev–Trinajstić information content (AvgIpc) is 2.45. The minimum Gasteiger partial charge on any atom is -0.490 e. The van der Waals surface area contributed by atoms with E-state index in [9.17, 15) is 0 Å². The van der Waals surface area contributed by atoms with Crippen LogP contribution in [-0.2, 0) is 6.54 Å². The maximum absolute atomic E-state index is 6.00. The lowest BCUT2D eigenvalue weighted by molar-refractivity contribution is 0.214. The summed E-state index contributed by atoms with van der Waals surface area (Å²) in [6, 6.07) is 11.6. The highest BCUT2D eigenvalue weighted by atomic mass is 35.5. The molecule has 0 aliphatic heterocycles. The third-order valence-corrected chi connectivity index (χ3v) is 3.42. The standard InChI is InChI=1S/C17H20ClNO2/c1-12-9-15(18)10-13(2)17(12)21-8-7-20-16-6-4-3-5-14(16)11-19/h3-6,9-10H,7-8,11,19H2,1-2H3. The van der Waals surface area contributed by atoms with E-state index in [0.29, 0.717) is 19.8 Å². The van der Waals surface area contributed by atoms with E-state index in [1.54, 1.807) is 0 Å². The summed E-state index contributed by atoms with van der Waals surface area (Å²) in [7, 11) is 0. The number of aryl methyl sites for hydroxylation is 2. The first kappa shape index (κ1) is 15.7. The molecule has 0 amide bonds. The minimum atomic E-state index is 0.465. The number of rotatable bonds is 6. The Morgan fingerprint density at radius 2 is 1.62 bits per heavy atom. The number of nitrogens with two attached hydrogens (primary N) is 1. The summed E-state index contributed by atoms with van der Waals surface area (Å²) >= 11 is 6.00. The first-order valence-corrected chi connectivity index (χ1v) is 7.30. The van der Waals surface area contributed by atoms with Gasteiger partial charge in [0.25, 0.3) is 0 Å². The zero-order chi connectivity index (χ0) is 15.2. The fourth-order valence-corrected chi connectivity index (χ4v) is 2.56. The van der Waals surface area contributed by atoms with Crippen molar-refractivity contribution in [2.24, 2.45) is 5.73 Å². The van der Waals surface area contributed by atoms with Crippen molar-refractivity contribution in [1.29, 1.82) is 0 Å². The lowest BCUT2D eigenvalue weighted by Crippen LogP contribution is -2.11. The van der Waals surface area contributed by atoms with Crippen LogP contribution in [0.15, 0.2) is 36.4 Å². The van der Waals surface area contributed by atoms with Crippen LogP contribution in [-0.4, -0.2) is 13.2 Å². The van der Waals surface area contributed by atoms with Crippen LogP contribution in [0.3, 0.4) is 0 Å². The van der Waals surface area contributed by atoms with Gasteiger partial charge >= 0.3 is 0 Å². The second-order valence-electron chi connectivity index (χ2n) is 4.88. The number of para-hydroxylation sites is 1. The molecule has 0 aliphatic rings. The topological polar surface area (TPSA) is 44.5 Å². The van der Waals surface area contributed by atoms with Gasteiger partial charge in [-0.25, -0.2) is 0 Å². The van der Waals surface area contributed by atoms with Crippen LogP contribution in [0.25, 0.3) is 0 Å². The van der Waals surface area contributed by atoms with Gasteiger partial charge in [-0.05, 0) is 43.2 Å². The molecule has 0 unspecified atom stereocenters. The van der Waals surface area contributed by atoms with E-state index >= 15 is 0 Å². The van der Waals surface area contributed by atoms with Crippen LogP contribution in [0.2, 0.25) is 5.02 Å². The Labute approximate surface area is 130 Å². The Kier molecular flexibility index (Phi) is 5.48. The van der Waals surface area contributed by atoms with E-state index in [2.05, 4.69) is 0 Å². The molecule has 4 heteroatoms. The molecule has 0 saturated carbocycles. The van der Waals surface area contributed by atoms with Crippen LogP contribution < -0.4 is 15.2 Å². The third kappa shape index (κ3) is 4.13. The minimum absolute atomic E-state index is 0.465. The van der Waals surface area contributed by atoms with Crippen molar-refractivity contribution < 1.29 is 9.47 Å². The summed E-state index contributed by atoms with van der Waals surface area (Å²) in [5, 5.41) is 0.727. The van der Waals surface area contributed by atoms with Crippen LogP contribution in [0.1, 0.15) is 16.7 Å². The molecule has 0 atom stereocenters. The molecule has 0 fully saturated rings. The number of halogens is 1. The Bertz CT molecular complexity index is 590. The fraction of sp³-hybridized carbons (Fsp3) is 0.294. The summed E-state index contributed by atoms with van der Waals surface area (Å²) in [6.07, 6.45) is 0. The van der Waals surface area contributed by atoms with Gasteiger partial charge in [-0.3, -0.25) is 0 Å². The second-order valence-corrected chi connectivity index (χ2v) is 5.31. The van der Waals surface area contributed by atoms with E-state index in [4.69, 9.17) is 26.8 Å². The predicted molar refractivity (Wildman–Crippen MR) is 86.2 cm³/mol. The summed E-state index contributed by atoms with van der Waals surface area (Å²) in [6.45, 7) is 5.38. The van der Waals surface area contributed by atoms with Crippen LogP contribution in [0.5, 0.6) is 11.5 Å². The van der Waals surface area contributed by atoms with Crippen LogP contribution in [0.4, 0.5) is 0 Å². The maximum Gasteiger partial charge on any atom is 0.125 e. The van der Waals surface area contributed by atoms with Crippen molar-refractivity contribution in [2.75, 3.05) is 13.2 Å². The lowest BCUT2D eigenvalue weighted by atomic mass is 10.1. The first-order valence-electron chi connectivity index (χ1n) is 6.92. The monoisotopic (exact) mass is 305 g/mol. The highest BCUT2D eigenvalue weighted by Crippen LogP contribution is 2.27. The fourth-order valence-electron chi connectivity index (χ4n) is 2.23. The van der Waals surface area contributed by atoms with Gasteiger partial charge in [0.2, 0.25) is 0 Å². The predicted octanol–water partition coefficient (Wildman–Crippen LogP) is 3.87. The van der Waals surface area contributed by atoms with Gasteiger partial charge in [-0.15, -0.1) is 0 Å². The van der Waals surface area contributed by atoms with Crippen molar-refractivity contribution in [2.45, 2.75) is 20.4 Å². The molecule has 21 heavy (non-hydrogen) atoms. The molecule has 0 bridgehead atoms. The van der Waals surface area contributed by atoms with Gasteiger partial charge in [-0.2, -0.15) is 0 Å². The van der Waals surface area contributed by atoms with Crippen molar-refractivity contribution in [3.8, 4) is 11.5 Å². The van der Waals surface area contributed by atoms with E-state index < -0.39 is 0 Å². The van der Waals surface area contributed by atoms with E-state index in [1.165, 1.54) is 0 Å². The normalized spacial score (nSPS) is 10.5. The summed E-state index contributed by atoms with van der Waals surface area (Å²) in [5.74, 6) is 1.68. The van der Waals surface area contributed by atoms with Crippen LogP contribution in [0, 0.1) is 13.8 Å². The molecule has 0 aliphatic carbocycles. The SMILES string of the molecule is Cc1cc(Cl)cc(C)c1OCCOc1ccccc1CN. The highest BCUT2D eigenvalue weighted by molar-refractivity contribution is 6.30. The molecule has 0 radical (unpaired) electrons. The van der Waals surface area contributed by atoms with Gasteiger partial charge < -0.3 is 15.2 Å². The Morgan fingerprint density at radius 3 is 2.29 bits per heavy atom.